The van der Waals surface area contributed by atoms with E-state index in [9.17, 15) is 9.59 Å². The monoisotopic (exact) mass is 347 g/mol. The third-order valence-electron chi connectivity index (χ3n) is 4.24. The smallest absolute Gasteiger partial charge is 0.341 e. The molecule has 0 amide bonds. The molecule has 24 heavy (non-hydrogen) atoms. The van der Waals surface area contributed by atoms with Crippen LogP contribution in [0.2, 0.25) is 5.02 Å². The lowest BCUT2D eigenvalue weighted by atomic mass is 10.1. The van der Waals surface area contributed by atoms with Gasteiger partial charge in [-0.25, -0.2) is 4.79 Å². The highest BCUT2D eigenvalue weighted by molar-refractivity contribution is 6.33. The van der Waals surface area contributed by atoms with Crippen molar-refractivity contribution in [2.75, 3.05) is 38.1 Å². The van der Waals surface area contributed by atoms with E-state index in [4.69, 9.17) is 16.7 Å². The molecule has 7 heteroatoms. The van der Waals surface area contributed by atoms with Crippen LogP contribution in [0.1, 0.15) is 10.4 Å². The molecule has 1 saturated heterocycles. The van der Waals surface area contributed by atoms with Gasteiger partial charge in [0.25, 0.3) is 5.56 Å². The van der Waals surface area contributed by atoms with Crippen molar-refractivity contribution in [3.63, 3.8) is 0 Å². The Morgan fingerprint density at radius 1 is 1.17 bits per heavy atom. The number of hydrogen-bond acceptors (Lipinski definition) is 4. The number of pyridine rings is 1. The van der Waals surface area contributed by atoms with Crippen LogP contribution in [0.25, 0.3) is 11.3 Å². The molecular weight excluding hydrogens is 330 g/mol. The number of nitrogens with one attached hydrogen (secondary N) is 1. The van der Waals surface area contributed by atoms with Crippen LogP contribution >= 0.6 is 11.6 Å². The highest BCUT2D eigenvalue weighted by atomic mass is 35.5. The Bertz CT molecular complexity index is 826. The number of anilines is 1. The molecule has 0 bridgehead atoms. The molecule has 0 atom stereocenters. The number of aromatic nitrogens is 1. The number of carboxylic acid groups (broad SMARTS) is 1. The summed E-state index contributed by atoms with van der Waals surface area (Å²) >= 11 is 6.43. The Kier molecular flexibility index (Phi) is 4.59. The summed E-state index contributed by atoms with van der Waals surface area (Å²) in [7, 11) is 2.10. The Labute approximate surface area is 144 Å². The zero-order chi connectivity index (χ0) is 17.3. The first-order valence-electron chi connectivity index (χ1n) is 7.66. The fourth-order valence-corrected chi connectivity index (χ4v) is 3.09. The molecule has 1 fully saturated rings. The van der Waals surface area contributed by atoms with E-state index in [2.05, 4.69) is 21.8 Å². The molecule has 0 unspecified atom stereocenters. The van der Waals surface area contributed by atoms with Crippen molar-refractivity contribution < 1.29 is 9.90 Å². The minimum absolute atomic E-state index is 0.279. The number of aromatic amines is 1. The van der Waals surface area contributed by atoms with Gasteiger partial charge in [0.05, 0.1) is 10.7 Å². The van der Waals surface area contributed by atoms with Gasteiger partial charge in [0.1, 0.15) is 5.56 Å². The number of nitrogens with zero attached hydrogens (tertiary/aromatic N) is 2. The highest BCUT2D eigenvalue weighted by Crippen LogP contribution is 2.31. The fourth-order valence-electron chi connectivity index (χ4n) is 2.79. The molecular formula is C17H18ClN3O3. The summed E-state index contributed by atoms with van der Waals surface area (Å²) in [6, 6.07) is 8.49. The van der Waals surface area contributed by atoms with E-state index in [-0.39, 0.29) is 5.56 Å². The lowest BCUT2D eigenvalue weighted by molar-refractivity contribution is 0.0695. The number of piperazine rings is 1. The average Bonchev–Trinajstić information content (AvgIpc) is 2.55. The fraction of sp³-hybridized carbons (Fsp3) is 0.294. The van der Waals surface area contributed by atoms with E-state index in [0.717, 1.165) is 37.4 Å². The number of halogens is 1. The molecule has 1 aromatic carbocycles. The summed E-state index contributed by atoms with van der Waals surface area (Å²) in [5.41, 5.74) is 1.35. The van der Waals surface area contributed by atoms with Crippen LogP contribution in [0.5, 0.6) is 0 Å². The summed E-state index contributed by atoms with van der Waals surface area (Å²) in [6.07, 6.45) is 0. The van der Waals surface area contributed by atoms with E-state index in [1.54, 1.807) is 12.1 Å². The zero-order valence-electron chi connectivity index (χ0n) is 13.3. The van der Waals surface area contributed by atoms with Crippen LogP contribution in [0.4, 0.5) is 5.69 Å². The molecule has 0 aliphatic carbocycles. The Hall–Kier alpha value is -2.31. The molecule has 0 spiro atoms. The van der Waals surface area contributed by atoms with E-state index in [1.807, 2.05) is 12.1 Å². The van der Waals surface area contributed by atoms with E-state index < -0.39 is 11.5 Å². The standard InChI is InChI=1S/C17H18ClN3O3/c1-20-6-8-21(9-7-20)15-5-2-11(10-13(15)18)14-4-3-12(17(23)24)16(22)19-14/h2-5,10H,6-9H2,1H3,(H,19,22)(H,23,24). The van der Waals surface area contributed by atoms with Crippen molar-refractivity contribution in [3.05, 3.63) is 51.3 Å². The van der Waals surface area contributed by atoms with Crippen molar-refractivity contribution in [3.8, 4) is 11.3 Å². The van der Waals surface area contributed by atoms with Gasteiger partial charge < -0.3 is 19.9 Å². The van der Waals surface area contributed by atoms with Crippen LogP contribution in [0.3, 0.4) is 0 Å². The summed E-state index contributed by atoms with van der Waals surface area (Å²) in [5.74, 6) is -1.24. The first-order valence-corrected chi connectivity index (χ1v) is 8.03. The van der Waals surface area contributed by atoms with Gasteiger partial charge in [-0.1, -0.05) is 17.7 Å². The maximum Gasteiger partial charge on any atom is 0.341 e. The van der Waals surface area contributed by atoms with Crippen molar-refractivity contribution in [1.82, 2.24) is 9.88 Å². The third-order valence-corrected chi connectivity index (χ3v) is 4.55. The van der Waals surface area contributed by atoms with Crippen LogP contribution in [0, 0.1) is 0 Å². The van der Waals surface area contributed by atoms with Gasteiger partial charge in [-0.3, -0.25) is 4.79 Å². The van der Waals surface area contributed by atoms with Crippen LogP contribution in [0.15, 0.2) is 35.1 Å². The molecule has 1 aliphatic heterocycles. The Morgan fingerprint density at radius 3 is 2.46 bits per heavy atom. The van der Waals surface area contributed by atoms with Crippen molar-refractivity contribution in [2.24, 2.45) is 0 Å². The number of H-pyrrole nitrogens is 1. The second-order valence-corrected chi connectivity index (χ2v) is 6.28. The number of hydrogen-bond donors (Lipinski definition) is 2. The predicted octanol–water partition coefficient (Wildman–Crippen LogP) is 2.15. The molecule has 2 heterocycles. The SMILES string of the molecule is CN1CCN(c2ccc(-c3ccc(C(=O)O)c(=O)[nH]3)cc2Cl)CC1. The zero-order valence-corrected chi connectivity index (χ0v) is 14.0. The number of rotatable bonds is 3. The summed E-state index contributed by atoms with van der Waals surface area (Å²) in [6.45, 7) is 3.81. The molecule has 6 nitrogen and oxygen atoms in total. The Balaban J connectivity index is 1.88. The summed E-state index contributed by atoms with van der Waals surface area (Å²) in [4.78, 5) is 29.8. The second-order valence-electron chi connectivity index (χ2n) is 5.88. The maximum absolute atomic E-state index is 11.8. The normalized spacial score (nSPS) is 15.5. The van der Waals surface area contributed by atoms with Crippen molar-refractivity contribution in [2.45, 2.75) is 0 Å². The summed E-state index contributed by atoms with van der Waals surface area (Å²) in [5, 5.41) is 9.53. The molecule has 126 valence electrons. The first kappa shape index (κ1) is 16.5. The average molecular weight is 348 g/mol. The number of carbonyl (C=O) groups is 1. The minimum Gasteiger partial charge on any atom is -0.477 e. The first-order chi connectivity index (χ1) is 11.5. The third kappa shape index (κ3) is 3.29. The van der Waals surface area contributed by atoms with E-state index in [0.29, 0.717) is 10.7 Å². The molecule has 0 radical (unpaired) electrons. The molecule has 1 aromatic heterocycles. The van der Waals surface area contributed by atoms with Gasteiger partial charge in [0.2, 0.25) is 0 Å². The Morgan fingerprint density at radius 2 is 1.88 bits per heavy atom. The molecule has 3 rings (SSSR count). The quantitative estimate of drug-likeness (QED) is 0.889. The van der Waals surface area contributed by atoms with Gasteiger partial charge in [0.15, 0.2) is 0 Å². The van der Waals surface area contributed by atoms with E-state index in [1.165, 1.54) is 6.07 Å². The minimum atomic E-state index is -1.24. The number of benzene rings is 1. The van der Waals surface area contributed by atoms with Crippen molar-refractivity contribution >= 4 is 23.3 Å². The predicted molar refractivity (Wildman–Crippen MR) is 94.2 cm³/mol. The van der Waals surface area contributed by atoms with Gasteiger partial charge >= 0.3 is 5.97 Å². The van der Waals surface area contributed by atoms with Gasteiger partial charge in [-0.15, -0.1) is 0 Å². The number of aromatic carboxylic acids is 1. The topological polar surface area (TPSA) is 76.6 Å². The van der Waals surface area contributed by atoms with Crippen LogP contribution in [-0.4, -0.2) is 54.2 Å². The van der Waals surface area contributed by atoms with Crippen LogP contribution in [-0.2, 0) is 0 Å². The summed E-state index contributed by atoms with van der Waals surface area (Å²) < 4.78 is 0. The molecule has 2 aromatic rings. The van der Waals surface area contributed by atoms with E-state index >= 15 is 0 Å². The second kappa shape index (κ2) is 6.67. The maximum atomic E-state index is 11.8. The number of carboxylic acids is 1. The van der Waals surface area contributed by atoms with Crippen molar-refractivity contribution in [1.29, 1.82) is 0 Å². The molecule has 2 N–H and O–H groups in total. The lowest BCUT2D eigenvalue weighted by Crippen LogP contribution is -2.44. The lowest BCUT2D eigenvalue weighted by Gasteiger charge is -2.34. The molecule has 1 aliphatic rings. The molecule has 0 saturated carbocycles. The van der Waals surface area contributed by atoms with Crippen LogP contribution < -0.4 is 10.5 Å². The highest BCUT2D eigenvalue weighted by Gasteiger charge is 2.17. The largest absolute Gasteiger partial charge is 0.477 e. The van der Waals surface area contributed by atoms with Gasteiger partial charge in [-0.05, 0) is 36.9 Å². The van der Waals surface area contributed by atoms with Gasteiger partial charge in [0, 0.05) is 31.9 Å². The van der Waals surface area contributed by atoms with Gasteiger partial charge in [-0.2, -0.15) is 0 Å². The number of likely N-dealkylation sites (N-methyl/N-ethyl adjacent to an activating group) is 1.